The van der Waals surface area contributed by atoms with Gasteiger partial charge in [-0.2, -0.15) is 0 Å². The van der Waals surface area contributed by atoms with Crippen LogP contribution in [0.5, 0.6) is 0 Å². The number of amides is 1. The average molecular weight is 341 g/mol. The Hall–Kier alpha value is -1.39. The molecule has 1 aromatic carbocycles. The summed E-state index contributed by atoms with van der Waals surface area (Å²) in [6.07, 6.45) is 3.86. The van der Waals surface area contributed by atoms with Gasteiger partial charge in [-0.05, 0) is 36.3 Å². The number of carbonyl (C=O) groups excluding carboxylic acids is 1. The van der Waals surface area contributed by atoms with Gasteiger partial charge in [0.1, 0.15) is 0 Å². The predicted octanol–water partition coefficient (Wildman–Crippen LogP) is 2.55. The largest absolute Gasteiger partial charge is 0.340 e. The summed E-state index contributed by atoms with van der Waals surface area (Å²) in [6.45, 7) is 10.3. The number of carbonyl (C=O) groups is 1. The molecule has 2 fully saturated rings. The van der Waals surface area contributed by atoms with Crippen molar-refractivity contribution in [3.63, 3.8) is 0 Å². The van der Waals surface area contributed by atoms with Crippen LogP contribution in [0.4, 0.5) is 0 Å². The molecule has 3 unspecified atom stereocenters. The Labute approximate surface area is 151 Å². The molecule has 0 saturated carbocycles. The van der Waals surface area contributed by atoms with Gasteiger partial charge in [0.25, 0.3) is 0 Å². The molecule has 4 rings (SSSR count). The van der Waals surface area contributed by atoms with Crippen LogP contribution in [0.1, 0.15) is 43.9 Å². The predicted molar refractivity (Wildman–Crippen MR) is 100 cm³/mol. The van der Waals surface area contributed by atoms with Gasteiger partial charge in [-0.3, -0.25) is 14.6 Å². The molecule has 4 nitrogen and oxygen atoms in total. The van der Waals surface area contributed by atoms with Crippen molar-refractivity contribution in [3.05, 3.63) is 35.4 Å². The first-order chi connectivity index (χ1) is 12.1. The second-order valence-electron chi connectivity index (χ2n) is 8.15. The minimum atomic E-state index is 0.222. The number of likely N-dealkylation sites (tertiary alicyclic amines) is 1. The van der Waals surface area contributed by atoms with E-state index in [1.165, 1.54) is 32.4 Å². The Balaban J connectivity index is 1.43. The molecule has 0 radical (unpaired) electrons. The second-order valence-corrected chi connectivity index (χ2v) is 8.15. The summed E-state index contributed by atoms with van der Waals surface area (Å²) in [6, 6.07) is 10.3. The molecule has 0 aromatic heterocycles. The summed E-state index contributed by atoms with van der Waals surface area (Å²) in [5.41, 5.74) is 3.13. The Morgan fingerprint density at radius 3 is 2.56 bits per heavy atom. The van der Waals surface area contributed by atoms with Crippen LogP contribution in [-0.4, -0.2) is 65.9 Å². The first-order valence-corrected chi connectivity index (χ1v) is 9.95. The Morgan fingerprint density at radius 1 is 1.04 bits per heavy atom. The molecule has 1 aliphatic carbocycles. The van der Waals surface area contributed by atoms with Crippen molar-refractivity contribution in [1.29, 1.82) is 0 Å². The van der Waals surface area contributed by atoms with Gasteiger partial charge in [-0.15, -0.1) is 0 Å². The molecule has 136 valence electrons. The first-order valence-electron chi connectivity index (χ1n) is 9.95. The van der Waals surface area contributed by atoms with E-state index in [2.05, 4.69) is 41.0 Å². The lowest BCUT2D eigenvalue weighted by Crippen LogP contribution is -2.53. The van der Waals surface area contributed by atoms with E-state index in [0.29, 0.717) is 18.0 Å². The molecule has 2 heterocycles. The molecule has 1 amide bonds. The fraction of sp³-hybridized carbons (Fsp3) is 0.667. The first kappa shape index (κ1) is 17.0. The summed E-state index contributed by atoms with van der Waals surface area (Å²) in [4.78, 5) is 18.9. The zero-order chi connectivity index (χ0) is 17.4. The maximum absolute atomic E-state index is 11.6. The van der Waals surface area contributed by atoms with E-state index in [0.717, 1.165) is 26.2 Å². The number of benzene rings is 1. The third-order valence-corrected chi connectivity index (χ3v) is 6.61. The Kier molecular flexibility index (Phi) is 4.83. The normalized spacial score (nSPS) is 31.1. The number of hydrogen-bond donors (Lipinski definition) is 0. The van der Waals surface area contributed by atoms with E-state index < -0.39 is 0 Å². The monoisotopic (exact) mass is 341 g/mol. The summed E-state index contributed by atoms with van der Waals surface area (Å²) in [5.74, 6) is 0.928. The SMILES string of the molecule is CC(=O)N1CCN(C2CN(C3CCCc4ccccc43)CC2C)CC1. The highest BCUT2D eigenvalue weighted by Gasteiger charge is 2.39. The maximum Gasteiger partial charge on any atom is 0.219 e. The van der Waals surface area contributed by atoms with Crippen molar-refractivity contribution in [1.82, 2.24) is 14.7 Å². The van der Waals surface area contributed by atoms with Crippen molar-refractivity contribution in [3.8, 4) is 0 Å². The molecular weight excluding hydrogens is 310 g/mol. The van der Waals surface area contributed by atoms with Crippen molar-refractivity contribution in [2.24, 2.45) is 5.92 Å². The van der Waals surface area contributed by atoms with E-state index in [9.17, 15) is 4.79 Å². The zero-order valence-electron chi connectivity index (χ0n) is 15.7. The van der Waals surface area contributed by atoms with Crippen LogP contribution in [0.25, 0.3) is 0 Å². The van der Waals surface area contributed by atoms with Gasteiger partial charge >= 0.3 is 0 Å². The van der Waals surface area contributed by atoms with Gasteiger partial charge in [0.15, 0.2) is 0 Å². The smallest absolute Gasteiger partial charge is 0.219 e. The van der Waals surface area contributed by atoms with Crippen molar-refractivity contribution < 1.29 is 4.79 Å². The third-order valence-electron chi connectivity index (χ3n) is 6.61. The highest BCUT2D eigenvalue weighted by atomic mass is 16.2. The molecular formula is C21H31N3O. The van der Waals surface area contributed by atoms with Crippen LogP contribution >= 0.6 is 0 Å². The number of piperazine rings is 1. The molecule has 1 aromatic rings. The van der Waals surface area contributed by atoms with Gasteiger partial charge in [0.05, 0.1) is 0 Å². The fourth-order valence-electron chi connectivity index (χ4n) is 5.19. The molecule has 3 atom stereocenters. The summed E-state index contributed by atoms with van der Waals surface area (Å²) in [5, 5.41) is 0. The number of fused-ring (bicyclic) bond motifs is 1. The molecule has 25 heavy (non-hydrogen) atoms. The lowest BCUT2D eigenvalue weighted by Gasteiger charge is -2.39. The molecule has 2 aliphatic heterocycles. The minimum absolute atomic E-state index is 0.222. The Bertz CT molecular complexity index is 623. The highest BCUT2D eigenvalue weighted by molar-refractivity contribution is 5.73. The third kappa shape index (κ3) is 3.34. The quantitative estimate of drug-likeness (QED) is 0.827. The van der Waals surface area contributed by atoms with Gasteiger partial charge in [0.2, 0.25) is 5.91 Å². The standard InChI is InChI=1S/C21H31N3O/c1-16-14-24(20-9-5-7-18-6-3-4-8-19(18)20)15-21(16)23-12-10-22(11-13-23)17(2)25/h3-4,6,8,16,20-21H,5,7,9-15H2,1-2H3. The van der Waals surface area contributed by atoms with E-state index >= 15 is 0 Å². The maximum atomic E-state index is 11.6. The summed E-state index contributed by atoms with van der Waals surface area (Å²) < 4.78 is 0. The van der Waals surface area contributed by atoms with E-state index in [4.69, 9.17) is 0 Å². The zero-order valence-corrected chi connectivity index (χ0v) is 15.7. The number of nitrogens with zero attached hydrogens (tertiary/aromatic N) is 3. The van der Waals surface area contributed by atoms with E-state index in [1.54, 1.807) is 18.1 Å². The fourth-order valence-corrected chi connectivity index (χ4v) is 5.19. The van der Waals surface area contributed by atoms with Gasteiger partial charge in [-0.1, -0.05) is 31.2 Å². The van der Waals surface area contributed by atoms with Crippen molar-refractivity contribution in [2.45, 2.75) is 45.2 Å². The lowest BCUT2D eigenvalue weighted by molar-refractivity contribution is -0.130. The molecule has 3 aliphatic rings. The van der Waals surface area contributed by atoms with E-state index in [1.807, 2.05) is 4.90 Å². The highest BCUT2D eigenvalue weighted by Crippen LogP contribution is 2.38. The molecule has 0 N–H and O–H groups in total. The van der Waals surface area contributed by atoms with Crippen LogP contribution < -0.4 is 0 Å². The minimum Gasteiger partial charge on any atom is -0.340 e. The van der Waals surface area contributed by atoms with Crippen LogP contribution in [-0.2, 0) is 11.2 Å². The van der Waals surface area contributed by atoms with E-state index in [-0.39, 0.29) is 5.91 Å². The summed E-state index contributed by atoms with van der Waals surface area (Å²) in [7, 11) is 0. The van der Waals surface area contributed by atoms with Crippen molar-refractivity contribution >= 4 is 5.91 Å². The van der Waals surface area contributed by atoms with Gasteiger partial charge in [0, 0.05) is 58.3 Å². The molecule has 0 spiro atoms. The van der Waals surface area contributed by atoms with Crippen LogP contribution in [0.15, 0.2) is 24.3 Å². The molecule has 2 saturated heterocycles. The Morgan fingerprint density at radius 2 is 1.80 bits per heavy atom. The topological polar surface area (TPSA) is 26.8 Å². The molecule has 0 bridgehead atoms. The van der Waals surface area contributed by atoms with Crippen molar-refractivity contribution in [2.75, 3.05) is 39.3 Å². The molecule has 4 heteroatoms. The second kappa shape index (κ2) is 7.08. The summed E-state index contributed by atoms with van der Waals surface area (Å²) >= 11 is 0. The van der Waals surface area contributed by atoms with Gasteiger partial charge in [-0.25, -0.2) is 0 Å². The van der Waals surface area contributed by atoms with Crippen LogP contribution in [0.3, 0.4) is 0 Å². The van der Waals surface area contributed by atoms with Gasteiger partial charge < -0.3 is 4.90 Å². The number of rotatable bonds is 2. The van der Waals surface area contributed by atoms with Crippen LogP contribution in [0, 0.1) is 5.92 Å². The lowest BCUT2D eigenvalue weighted by atomic mass is 9.87. The van der Waals surface area contributed by atoms with Crippen LogP contribution in [0.2, 0.25) is 0 Å². The number of aryl methyl sites for hydroxylation is 1. The average Bonchev–Trinajstić information content (AvgIpc) is 3.03. The number of hydrogen-bond acceptors (Lipinski definition) is 3.